The Labute approximate surface area is 196 Å². The van der Waals surface area contributed by atoms with Gasteiger partial charge in [0.15, 0.2) is 11.6 Å². The van der Waals surface area contributed by atoms with Crippen LogP contribution in [-0.4, -0.2) is 59.5 Å². The van der Waals surface area contributed by atoms with Crippen molar-refractivity contribution in [1.82, 2.24) is 20.0 Å². The smallest absolute Gasteiger partial charge is 0.319 e. The number of piperazine rings is 1. The highest BCUT2D eigenvalue weighted by Crippen LogP contribution is 2.30. The first kappa shape index (κ1) is 22.4. The first-order chi connectivity index (χ1) is 16.3. The Kier molecular flexibility index (Phi) is 5.79. The van der Waals surface area contributed by atoms with Crippen LogP contribution in [0.15, 0.2) is 60.7 Å². The Morgan fingerprint density at radius 2 is 1.59 bits per heavy atom. The van der Waals surface area contributed by atoms with Gasteiger partial charge in [-0.1, -0.05) is 48.5 Å². The lowest BCUT2D eigenvalue weighted by Gasteiger charge is -2.36. The minimum atomic E-state index is -1.43. The Morgan fingerprint density at radius 3 is 2.35 bits per heavy atom. The molecule has 0 spiro atoms. The SMILES string of the molecule is C[C@]1(c2ccc(F)c(F)c2)NC(=O)N(CN2CCN(Cc3cccc4ccccc34)CC2)C1=O. The second kappa shape index (κ2) is 8.77. The van der Waals surface area contributed by atoms with E-state index in [9.17, 15) is 18.4 Å². The monoisotopic (exact) mass is 464 g/mol. The third-order valence-electron chi connectivity index (χ3n) is 6.85. The van der Waals surface area contributed by atoms with Gasteiger partial charge in [0.2, 0.25) is 0 Å². The summed E-state index contributed by atoms with van der Waals surface area (Å²) in [7, 11) is 0. The van der Waals surface area contributed by atoms with Crippen LogP contribution in [0, 0.1) is 11.6 Å². The molecule has 2 heterocycles. The number of halogens is 2. The normalized spacial score (nSPS) is 21.9. The highest BCUT2D eigenvalue weighted by Gasteiger charge is 2.49. The molecule has 8 heteroatoms. The summed E-state index contributed by atoms with van der Waals surface area (Å²) in [5.41, 5.74) is 0.0667. The number of benzene rings is 3. The van der Waals surface area contributed by atoms with Gasteiger partial charge in [0.1, 0.15) is 5.54 Å². The summed E-state index contributed by atoms with van der Waals surface area (Å²) in [6.45, 7) is 5.56. The number of rotatable bonds is 5. The first-order valence-corrected chi connectivity index (χ1v) is 11.4. The number of fused-ring (bicyclic) bond motifs is 1. The lowest BCUT2D eigenvalue weighted by Crippen LogP contribution is -2.51. The molecule has 1 atom stereocenters. The van der Waals surface area contributed by atoms with E-state index in [1.54, 1.807) is 0 Å². The number of carbonyl (C=O) groups is 2. The molecule has 176 valence electrons. The molecule has 0 radical (unpaired) electrons. The quantitative estimate of drug-likeness (QED) is 0.586. The summed E-state index contributed by atoms with van der Waals surface area (Å²) in [5.74, 6) is -2.52. The summed E-state index contributed by atoms with van der Waals surface area (Å²) in [4.78, 5) is 31.3. The van der Waals surface area contributed by atoms with Crippen molar-refractivity contribution >= 4 is 22.7 Å². The molecule has 0 aromatic heterocycles. The van der Waals surface area contributed by atoms with Gasteiger partial charge in [-0.25, -0.2) is 18.5 Å². The molecular weight excluding hydrogens is 438 g/mol. The van der Waals surface area contributed by atoms with Crippen molar-refractivity contribution in [3.63, 3.8) is 0 Å². The zero-order valence-corrected chi connectivity index (χ0v) is 18.9. The zero-order chi connectivity index (χ0) is 23.9. The summed E-state index contributed by atoms with van der Waals surface area (Å²) in [5, 5.41) is 5.13. The van der Waals surface area contributed by atoms with Gasteiger partial charge in [0.25, 0.3) is 5.91 Å². The van der Waals surface area contributed by atoms with E-state index in [0.29, 0.717) is 13.1 Å². The highest BCUT2D eigenvalue weighted by molar-refractivity contribution is 6.07. The first-order valence-electron chi connectivity index (χ1n) is 11.4. The van der Waals surface area contributed by atoms with Crippen LogP contribution in [0.5, 0.6) is 0 Å². The predicted octanol–water partition coefficient (Wildman–Crippen LogP) is 3.66. The molecule has 3 amide bonds. The van der Waals surface area contributed by atoms with Crippen LogP contribution in [0.3, 0.4) is 0 Å². The predicted molar refractivity (Wildman–Crippen MR) is 125 cm³/mol. The van der Waals surface area contributed by atoms with Crippen molar-refractivity contribution in [2.24, 2.45) is 0 Å². The van der Waals surface area contributed by atoms with Gasteiger partial charge in [0.05, 0.1) is 6.67 Å². The summed E-state index contributed by atoms with van der Waals surface area (Å²) >= 11 is 0. The fraction of sp³-hybridized carbons (Fsp3) is 0.308. The van der Waals surface area contributed by atoms with Crippen LogP contribution in [0.1, 0.15) is 18.1 Å². The number of urea groups is 1. The van der Waals surface area contributed by atoms with Gasteiger partial charge in [-0.3, -0.25) is 14.6 Å². The minimum Gasteiger partial charge on any atom is -0.319 e. The Balaban J connectivity index is 1.22. The molecule has 2 aliphatic heterocycles. The van der Waals surface area contributed by atoms with E-state index in [-0.39, 0.29) is 12.2 Å². The standard InChI is InChI=1S/C26H26F2N4O2/c1-26(20-9-10-22(27)23(28)15-20)24(33)32(25(34)29-26)17-31-13-11-30(12-14-31)16-19-7-4-6-18-5-2-3-8-21(18)19/h2-10,15H,11-14,16-17H2,1H3,(H,29,34)/t26-/m1/s1. The molecule has 2 aliphatic rings. The fourth-order valence-electron chi connectivity index (χ4n) is 4.79. The summed E-state index contributed by atoms with van der Waals surface area (Å²) in [6, 6.07) is 17.4. The van der Waals surface area contributed by atoms with E-state index in [4.69, 9.17) is 0 Å². The fourth-order valence-corrected chi connectivity index (χ4v) is 4.79. The Bertz CT molecular complexity index is 1250. The minimum absolute atomic E-state index is 0.159. The van der Waals surface area contributed by atoms with Crippen LogP contribution in [0.2, 0.25) is 0 Å². The topological polar surface area (TPSA) is 55.9 Å². The second-order valence-corrected chi connectivity index (χ2v) is 9.09. The maximum atomic E-state index is 13.8. The Morgan fingerprint density at radius 1 is 0.882 bits per heavy atom. The lowest BCUT2D eigenvalue weighted by molar-refractivity contribution is -0.132. The largest absolute Gasteiger partial charge is 0.326 e. The summed E-state index contributed by atoms with van der Waals surface area (Å²) < 4.78 is 27.1. The van der Waals surface area contributed by atoms with Gasteiger partial charge < -0.3 is 5.32 Å². The van der Waals surface area contributed by atoms with Gasteiger partial charge >= 0.3 is 6.03 Å². The molecule has 2 saturated heterocycles. The van der Waals surface area contributed by atoms with E-state index in [2.05, 4.69) is 51.5 Å². The maximum Gasteiger partial charge on any atom is 0.326 e. The number of amides is 3. The molecule has 0 bridgehead atoms. The highest BCUT2D eigenvalue weighted by atomic mass is 19.2. The average Bonchev–Trinajstić information content (AvgIpc) is 3.06. The van der Waals surface area contributed by atoms with Gasteiger partial charge in [-0.05, 0) is 41.0 Å². The number of nitrogens with zero attached hydrogens (tertiary/aromatic N) is 3. The molecule has 2 fully saturated rings. The number of carbonyl (C=O) groups excluding carboxylic acids is 2. The van der Waals surface area contributed by atoms with Gasteiger partial charge in [-0.2, -0.15) is 0 Å². The Hall–Kier alpha value is -3.36. The average molecular weight is 465 g/mol. The van der Waals surface area contributed by atoms with Crippen LogP contribution in [0.25, 0.3) is 10.8 Å². The third kappa shape index (κ3) is 4.03. The zero-order valence-electron chi connectivity index (χ0n) is 18.9. The van der Waals surface area contributed by atoms with E-state index in [1.807, 2.05) is 6.07 Å². The number of hydrogen-bond donors (Lipinski definition) is 1. The number of hydrogen-bond acceptors (Lipinski definition) is 4. The van der Waals surface area contributed by atoms with Crippen LogP contribution >= 0.6 is 0 Å². The number of nitrogens with one attached hydrogen (secondary N) is 1. The molecular formula is C26H26F2N4O2. The van der Waals surface area contributed by atoms with Crippen molar-refractivity contribution in [2.75, 3.05) is 32.8 Å². The van der Waals surface area contributed by atoms with Crippen molar-refractivity contribution in [3.8, 4) is 0 Å². The lowest BCUT2D eigenvalue weighted by atomic mass is 9.92. The van der Waals surface area contributed by atoms with Crippen molar-refractivity contribution in [1.29, 1.82) is 0 Å². The van der Waals surface area contributed by atoms with Crippen molar-refractivity contribution in [2.45, 2.75) is 19.0 Å². The van der Waals surface area contributed by atoms with E-state index >= 15 is 0 Å². The van der Waals surface area contributed by atoms with Crippen molar-refractivity contribution < 1.29 is 18.4 Å². The van der Waals surface area contributed by atoms with Crippen LogP contribution < -0.4 is 5.32 Å². The molecule has 3 aromatic rings. The van der Waals surface area contributed by atoms with E-state index in [1.165, 1.54) is 29.3 Å². The molecule has 1 N–H and O–H groups in total. The molecule has 6 nitrogen and oxygen atoms in total. The molecule has 0 unspecified atom stereocenters. The van der Waals surface area contributed by atoms with E-state index < -0.39 is 29.1 Å². The maximum absolute atomic E-state index is 13.8. The van der Waals surface area contributed by atoms with Gasteiger partial charge in [-0.15, -0.1) is 0 Å². The van der Waals surface area contributed by atoms with Crippen LogP contribution in [-0.2, 0) is 16.9 Å². The van der Waals surface area contributed by atoms with Gasteiger partial charge in [0, 0.05) is 32.7 Å². The molecule has 0 saturated carbocycles. The van der Waals surface area contributed by atoms with E-state index in [0.717, 1.165) is 36.7 Å². The molecule has 3 aromatic carbocycles. The van der Waals surface area contributed by atoms with Crippen LogP contribution in [0.4, 0.5) is 13.6 Å². The third-order valence-corrected chi connectivity index (χ3v) is 6.85. The molecule has 0 aliphatic carbocycles. The molecule has 34 heavy (non-hydrogen) atoms. The number of imide groups is 1. The second-order valence-electron chi connectivity index (χ2n) is 9.09. The van der Waals surface area contributed by atoms with Crippen molar-refractivity contribution in [3.05, 3.63) is 83.4 Å². The molecule has 5 rings (SSSR count). The summed E-state index contributed by atoms with van der Waals surface area (Å²) in [6.07, 6.45) is 0.